The lowest BCUT2D eigenvalue weighted by molar-refractivity contribution is -0.117. The number of aromatic nitrogens is 2. The zero-order valence-corrected chi connectivity index (χ0v) is 16.2. The van der Waals surface area contributed by atoms with Crippen molar-refractivity contribution in [1.29, 1.82) is 0 Å². The number of hydrogen-bond acceptors (Lipinski definition) is 4. The van der Waals surface area contributed by atoms with E-state index in [1.165, 1.54) is 5.56 Å². The van der Waals surface area contributed by atoms with Crippen LogP contribution >= 0.6 is 0 Å². The minimum atomic E-state index is 0.0589. The zero-order valence-electron chi connectivity index (χ0n) is 16.2. The van der Waals surface area contributed by atoms with Crippen LogP contribution in [0.25, 0.3) is 0 Å². The van der Waals surface area contributed by atoms with Crippen LogP contribution in [0, 0.1) is 20.8 Å². The highest BCUT2D eigenvalue weighted by Crippen LogP contribution is 2.22. The van der Waals surface area contributed by atoms with Gasteiger partial charge in [0.1, 0.15) is 0 Å². The van der Waals surface area contributed by atoms with Crippen molar-refractivity contribution < 1.29 is 4.79 Å². The van der Waals surface area contributed by atoms with Gasteiger partial charge in [-0.3, -0.25) is 9.69 Å². The molecule has 3 rings (SSSR count). The normalized spacial score (nSPS) is 15.3. The average molecular weight is 355 g/mol. The first kappa shape index (κ1) is 18.5. The molecule has 0 atom stereocenters. The van der Waals surface area contributed by atoms with Crippen LogP contribution in [0.1, 0.15) is 23.6 Å². The van der Waals surface area contributed by atoms with Gasteiger partial charge in [0.2, 0.25) is 11.9 Å². The van der Waals surface area contributed by atoms with Crippen LogP contribution in [0.4, 0.5) is 11.6 Å². The van der Waals surface area contributed by atoms with Crippen LogP contribution in [0.5, 0.6) is 0 Å². The maximum atomic E-state index is 12.5. The fourth-order valence-corrected chi connectivity index (χ4v) is 3.70. The van der Waals surface area contributed by atoms with E-state index < -0.39 is 0 Å². The van der Waals surface area contributed by atoms with Gasteiger partial charge in [-0.15, -0.1) is 0 Å². The average Bonchev–Trinajstić information content (AvgIpc) is 3.07. The molecule has 2 heterocycles. The predicted molar refractivity (Wildman–Crippen MR) is 106 cm³/mol. The van der Waals surface area contributed by atoms with E-state index in [9.17, 15) is 4.79 Å². The molecule has 6 nitrogen and oxygen atoms in total. The molecule has 0 unspecified atom stereocenters. The molecular formula is C20H29N5O. The highest BCUT2D eigenvalue weighted by molar-refractivity contribution is 5.93. The van der Waals surface area contributed by atoms with Gasteiger partial charge in [0, 0.05) is 50.8 Å². The second kappa shape index (κ2) is 7.91. The van der Waals surface area contributed by atoms with Gasteiger partial charge in [-0.2, -0.15) is 0 Å². The van der Waals surface area contributed by atoms with E-state index >= 15 is 0 Å². The number of nitrogens with one attached hydrogen (secondary N) is 1. The van der Waals surface area contributed by atoms with Gasteiger partial charge in [-0.05, 0) is 38.8 Å². The molecule has 140 valence electrons. The number of imidazole rings is 1. The maximum absolute atomic E-state index is 12.5. The zero-order chi connectivity index (χ0) is 18.7. The monoisotopic (exact) mass is 355 g/mol. The highest BCUT2D eigenvalue weighted by atomic mass is 16.2. The minimum absolute atomic E-state index is 0.0589. The number of benzene rings is 1. The summed E-state index contributed by atoms with van der Waals surface area (Å²) in [5, 5.41) is 3.10. The number of rotatable bonds is 5. The Morgan fingerprint density at radius 2 is 1.77 bits per heavy atom. The highest BCUT2D eigenvalue weighted by Gasteiger charge is 2.22. The molecule has 1 amide bonds. The van der Waals surface area contributed by atoms with Crippen LogP contribution in [-0.4, -0.2) is 53.1 Å². The van der Waals surface area contributed by atoms with E-state index in [4.69, 9.17) is 0 Å². The number of hydrogen-bond donors (Lipinski definition) is 1. The Morgan fingerprint density at radius 1 is 1.12 bits per heavy atom. The molecule has 1 aromatic heterocycles. The summed E-state index contributed by atoms with van der Waals surface area (Å²) in [6, 6.07) is 4.22. The second-order valence-corrected chi connectivity index (χ2v) is 7.10. The van der Waals surface area contributed by atoms with Crippen molar-refractivity contribution in [3.63, 3.8) is 0 Å². The van der Waals surface area contributed by atoms with Crippen molar-refractivity contribution in [2.45, 2.75) is 34.2 Å². The van der Waals surface area contributed by atoms with E-state index in [2.05, 4.69) is 50.6 Å². The molecule has 1 aliphatic rings. The topological polar surface area (TPSA) is 53.4 Å². The molecule has 0 radical (unpaired) electrons. The van der Waals surface area contributed by atoms with E-state index in [1.807, 2.05) is 26.2 Å². The first-order valence-electron chi connectivity index (χ1n) is 9.34. The molecule has 2 aromatic rings. The summed E-state index contributed by atoms with van der Waals surface area (Å²) in [4.78, 5) is 21.5. The Labute approximate surface area is 155 Å². The number of carbonyl (C=O) groups excluding carboxylic acids is 1. The Morgan fingerprint density at radius 3 is 2.38 bits per heavy atom. The summed E-state index contributed by atoms with van der Waals surface area (Å²) in [5.41, 5.74) is 4.41. The number of carbonyl (C=O) groups is 1. The van der Waals surface area contributed by atoms with Gasteiger partial charge >= 0.3 is 0 Å². The molecule has 1 aromatic carbocycles. The first-order chi connectivity index (χ1) is 12.5. The summed E-state index contributed by atoms with van der Waals surface area (Å²) in [7, 11) is 0. The first-order valence-corrected chi connectivity index (χ1v) is 9.34. The van der Waals surface area contributed by atoms with Gasteiger partial charge in [-0.1, -0.05) is 17.7 Å². The Bertz CT molecular complexity index is 751. The summed E-state index contributed by atoms with van der Waals surface area (Å²) < 4.78 is 2.16. The van der Waals surface area contributed by atoms with E-state index in [0.29, 0.717) is 6.54 Å². The lowest BCUT2D eigenvalue weighted by atomic mass is 10.1. The largest absolute Gasteiger partial charge is 0.340 e. The maximum Gasteiger partial charge on any atom is 0.238 e. The SMILES string of the molecule is CCn1ccnc1N1CCN(CC(=O)Nc2c(C)cc(C)cc2C)CC1. The third kappa shape index (κ3) is 4.07. The number of anilines is 2. The van der Waals surface area contributed by atoms with Crippen LogP contribution in [0.2, 0.25) is 0 Å². The molecule has 1 fully saturated rings. The molecule has 6 heteroatoms. The molecule has 0 saturated carbocycles. The van der Waals surface area contributed by atoms with Crippen molar-refractivity contribution in [3.8, 4) is 0 Å². The van der Waals surface area contributed by atoms with E-state index in [0.717, 1.165) is 55.5 Å². The Kier molecular flexibility index (Phi) is 5.61. The van der Waals surface area contributed by atoms with Crippen LogP contribution < -0.4 is 10.2 Å². The third-order valence-corrected chi connectivity index (χ3v) is 5.00. The fraction of sp³-hybridized carbons (Fsp3) is 0.500. The van der Waals surface area contributed by atoms with Crippen molar-refractivity contribution in [1.82, 2.24) is 14.5 Å². The summed E-state index contributed by atoms with van der Waals surface area (Å²) in [6.07, 6.45) is 3.87. The molecule has 1 aliphatic heterocycles. The van der Waals surface area contributed by atoms with E-state index in [1.54, 1.807) is 0 Å². The number of piperazine rings is 1. The molecule has 26 heavy (non-hydrogen) atoms. The van der Waals surface area contributed by atoms with Gasteiger partial charge in [0.15, 0.2) is 0 Å². The van der Waals surface area contributed by atoms with Gasteiger partial charge in [-0.25, -0.2) is 4.98 Å². The second-order valence-electron chi connectivity index (χ2n) is 7.10. The molecule has 1 saturated heterocycles. The van der Waals surface area contributed by atoms with Crippen molar-refractivity contribution in [2.75, 3.05) is 42.9 Å². The lowest BCUT2D eigenvalue weighted by Crippen LogP contribution is -2.49. The number of nitrogens with zero attached hydrogens (tertiary/aromatic N) is 4. The van der Waals surface area contributed by atoms with Gasteiger partial charge in [0.25, 0.3) is 0 Å². The van der Waals surface area contributed by atoms with Crippen molar-refractivity contribution in [3.05, 3.63) is 41.2 Å². The van der Waals surface area contributed by atoms with Gasteiger partial charge < -0.3 is 14.8 Å². The van der Waals surface area contributed by atoms with Crippen LogP contribution in [0.3, 0.4) is 0 Å². The Hall–Kier alpha value is -2.34. The molecule has 0 aliphatic carbocycles. The quantitative estimate of drug-likeness (QED) is 0.896. The van der Waals surface area contributed by atoms with Crippen molar-refractivity contribution in [2.24, 2.45) is 0 Å². The molecule has 0 spiro atoms. The molecule has 1 N–H and O–H groups in total. The summed E-state index contributed by atoms with van der Waals surface area (Å²) >= 11 is 0. The van der Waals surface area contributed by atoms with Crippen LogP contribution in [0.15, 0.2) is 24.5 Å². The third-order valence-electron chi connectivity index (χ3n) is 5.00. The standard InChI is InChI=1S/C20H29N5O/c1-5-24-7-6-21-20(24)25-10-8-23(9-11-25)14-18(26)22-19-16(3)12-15(2)13-17(19)4/h6-7,12-13H,5,8-11,14H2,1-4H3,(H,22,26). The van der Waals surface area contributed by atoms with Gasteiger partial charge in [0.05, 0.1) is 6.54 Å². The van der Waals surface area contributed by atoms with E-state index in [-0.39, 0.29) is 5.91 Å². The van der Waals surface area contributed by atoms with Crippen molar-refractivity contribution >= 4 is 17.5 Å². The number of amides is 1. The number of aryl methyl sites for hydroxylation is 4. The molecule has 0 bridgehead atoms. The predicted octanol–water partition coefficient (Wildman–Crippen LogP) is 2.59. The minimum Gasteiger partial charge on any atom is -0.340 e. The summed E-state index contributed by atoms with van der Waals surface area (Å²) in [6.45, 7) is 13.2. The smallest absolute Gasteiger partial charge is 0.238 e. The Balaban J connectivity index is 1.54. The van der Waals surface area contributed by atoms with Crippen LogP contribution in [-0.2, 0) is 11.3 Å². The lowest BCUT2D eigenvalue weighted by Gasteiger charge is -2.35. The fourth-order valence-electron chi connectivity index (χ4n) is 3.70. The molecular weight excluding hydrogens is 326 g/mol. The summed E-state index contributed by atoms with van der Waals surface area (Å²) in [5.74, 6) is 1.09.